The van der Waals surface area contributed by atoms with Crippen molar-refractivity contribution >= 4 is 37.7 Å². The number of rotatable bonds is 8. The molecule has 128 valence electrons. The molecule has 14 heteroatoms. The van der Waals surface area contributed by atoms with Crippen LogP contribution in [0.1, 0.15) is 25.7 Å². The van der Waals surface area contributed by atoms with Gasteiger partial charge in [-0.3, -0.25) is 18.7 Å². The zero-order chi connectivity index (χ0) is 18.1. The van der Waals surface area contributed by atoms with Crippen molar-refractivity contribution in [3.8, 4) is 0 Å². The van der Waals surface area contributed by atoms with Crippen molar-refractivity contribution in [3.63, 3.8) is 0 Å². The van der Waals surface area contributed by atoms with Crippen LogP contribution in [0, 0.1) is 0 Å². The Morgan fingerprint density at radius 1 is 0.708 bits per heavy atom. The molecule has 0 saturated heterocycles. The molecule has 2 atom stereocenters. The van der Waals surface area contributed by atoms with Gasteiger partial charge in [-0.15, -0.1) is 0 Å². The van der Waals surface area contributed by atoms with Crippen molar-refractivity contribution in [2.45, 2.75) is 25.7 Å². The van der Waals surface area contributed by atoms with Gasteiger partial charge in [-0.25, -0.2) is 0 Å². The van der Waals surface area contributed by atoms with E-state index in [2.05, 4.69) is 0 Å². The Kier molecular flexibility index (Phi) is 18.5. The van der Waals surface area contributed by atoms with E-state index < -0.39 is 63.4 Å². The third-order valence-corrected chi connectivity index (χ3v) is 4.31. The van der Waals surface area contributed by atoms with Gasteiger partial charge >= 0.3 is 37.7 Å². The Morgan fingerprint density at radius 3 is 1.04 bits per heavy atom. The van der Waals surface area contributed by atoms with Gasteiger partial charge in [0, 0.05) is 38.1 Å². The van der Waals surface area contributed by atoms with Crippen molar-refractivity contribution in [2.24, 2.45) is 0 Å². The number of carboxylic acids is 2. The quantitative estimate of drug-likeness (QED) is 0.306. The number of hydrogen-bond acceptors (Lipinski definition) is 8. The predicted molar refractivity (Wildman–Crippen MR) is 70.0 cm³/mol. The summed E-state index contributed by atoms with van der Waals surface area (Å²) in [6.45, 7) is 1.76. The fourth-order valence-corrected chi connectivity index (χ4v) is 1.89. The summed E-state index contributed by atoms with van der Waals surface area (Å²) < 4.78 is 21.0. The third-order valence-electron chi connectivity index (χ3n) is 2.01. The van der Waals surface area contributed by atoms with Crippen LogP contribution in [0.25, 0.3) is 0 Å². The smallest absolute Gasteiger partial charge is 0.550 e. The van der Waals surface area contributed by atoms with Crippen molar-refractivity contribution in [1.82, 2.24) is 0 Å². The van der Waals surface area contributed by atoms with Crippen LogP contribution >= 0.6 is 14.7 Å². The van der Waals surface area contributed by atoms with Crippen LogP contribution < -0.4 is 47.9 Å². The molecule has 0 saturated carbocycles. The van der Waals surface area contributed by atoms with Crippen molar-refractivity contribution in [2.75, 3.05) is 13.3 Å². The minimum absolute atomic E-state index is 0. The molecule has 0 amide bonds. The largest absolute Gasteiger partial charge is 1.00 e. The summed E-state index contributed by atoms with van der Waals surface area (Å²) in [5.74, 6) is -2.79. The molecule has 0 aliphatic rings. The molecule has 0 aromatic heterocycles. The van der Waals surface area contributed by atoms with Crippen LogP contribution in [-0.4, -0.2) is 46.1 Å². The van der Waals surface area contributed by atoms with Gasteiger partial charge in [0.25, 0.3) is 14.7 Å². The van der Waals surface area contributed by atoms with Crippen LogP contribution in [-0.2, 0) is 28.3 Å². The average Bonchev–Trinajstić information content (AvgIpc) is 2.31. The standard InChI is InChI=1S/2C5H9O5P.2Li/c2*1-11(9,10)5(8)3-2-4(6)7;;/h2*2-3H2,1H3,(H,6,7)(H,9,10);;/q;;2*+1/p-2. The molecule has 0 aromatic carbocycles. The predicted octanol–water partition coefficient (Wildman–Crippen LogP) is -8.11. The van der Waals surface area contributed by atoms with Crippen LogP contribution in [0.2, 0.25) is 0 Å². The van der Waals surface area contributed by atoms with E-state index in [-0.39, 0.29) is 37.7 Å². The molecule has 0 radical (unpaired) electrons. The number of carbonyl (C=O) groups is 4. The second-order valence-corrected chi connectivity index (χ2v) is 8.80. The van der Waals surface area contributed by atoms with Gasteiger partial charge < -0.3 is 29.6 Å². The Balaban J connectivity index is -0.000000154. The Bertz CT molecular complexity index is 488. The summed E-state index contributed by atoms with van der Waals surface area (Å²) in [5.41, 5.74) is -1.86. The normalized spacial score (nSPS) is 14.2. The molecule has 24 heavy (non-hydrogen) atoms. The molecule has 0 aromatic rings. The second-order valence-electron chi connectivity index (χ2n) is 4.29. The molecule has 0 heterocycles. The summed E-state index contributed by atoms with van der Waals surface area (Å²) in [4.78, 5) is 57.9. The minimum atomic E-state index is -3.74. The molecule has 0 aliphatic carbocycles. The first kappa shape index (κ1) is 31.6. The molecule has 0 bridgehead atoms. The van der Waals surface area contributed by atoms with E-state index in [4.69, 9.17) is 9.79 Å². The van der Waals surface area contributed by atoms with Gasteiger partial charge in [-0.2, -0.15) is 0 Å². The van der Waals surface area contributed by atoms with E-state index in [9.17, 15) is 38.5 Å². The van der Waals surface area contributed by atoms with Gasteiger partial charge in [0.2, 0.25) is 11.0 Å². The monoisotopic (exact) mass is 372 g/mol. The number of carbonyl (C=O) groups excluding carboxylic acids is 4. The van der Waals surface area contributed by atoms with E-state index in [1.807, 2.05) is 0 Å². The van der Waals surface area contributed by atoms with Crippen LogP contribution in [0.3, 0.4) is 0 Å². The fourth-order valence-electron chi connectivity index (χ4n) is 0.833. The molecule has 0 fully saturated rings. The summed E-state index contributed by atoms with van der Waals surface area (Å²) in [5, 5.41) is 19.6. The average molecular weight is 372 g/mol. The van der Waals surface area contributed by atoms with Crippen LogP contribution in [0.4, 0.5) is 0 Å². The fraction of sp³-hybridized carbons (Fsp3) is 0.600. The van der Waals surface area contributed by atoms with Gasteiger partial charge in [0.15, 0.2) is 0 Å². The molecule has 2 unspecified atom stereocenters. The number of hydrogen-bond donors (Lipinski definition) is 2. The van der Waals surface area contributed by atoms with Crippen LogP contribution in [0.15, 0.2) is 0 Å². The van der Waals surface area contributed by atoms with Gasteiger partial charge in [0.05, 0.1) is 0 Å². The minimum Gasteiger partial charge on any atom is -0.550 e. The Labute approximate surface area is 162 Å². The van der Waals surface area contributed by atoms with Crippen molar-refractivity contribution in [3.05, 3.63) is 0 Å². The number of aliphatic carboxylic acids is 2. The van der Waals surface area contributed by atoms with Gasteiger partial charge in [-0.1, -0.05) is 0 Å². The topological polar surface area (TPSA) is 189 Å². The van der Waals surface area contributed by atoms with E-state index >= 15 is 0 Å². The zero-order valence-corrected chi connectivity index (χ0v) is 15.7. The zero-order valence-electron chi connectivity index (χ0n) is 13.9. The summed E-state index contributed by atoms with van der Waals surface area (Å²) in [7, 11) is -7.49. The first-order valence-electron chi connectivity index (χ1n) is 5.75. The molecule has 0 spiro atoms. The molecule has 0 aliphatic heterocycles. The van der Waals surface area contributed by atoms with E-state index in [0.717, 1.165) is 13.3 Å². The van der Waals surface area contributed by atoms with Gasteiger partial charge in [0.1, 0.15) is 0 Å². The van der Waals surface area contributed by atoms with E-state index in [1.165, 1.54) is 0 Å². The maximum atomic E-state index is 10.6. The third kappa shape index (κ3) is 19.9. The first-order chi connectivity index (χ1) is 9.67. The van der Waals surface area contributed by atoms with Crippen LogP contribution in [0.5, 0.6) is 0 Å². The van der Waals surface area contributed by atoms with Crippen molar-refractivity contribution < 1.29 is 86.0 Å². The molecule has 10 nitrogen and oxygen atoms in total. The maximum Gasteiger partial charge on any atom is 1.00 e. The van der Waals surface area contributed by atoms with Gasteiger partial charge in [-0.05, 0) is 12.8 Å². The van der Waals surface area contributed by atoms with Crippen molar-refractivity contribution in [1.29, 1.82) is 0 Å². The van der Waals surface area contributed by atoms with E-state index in [1.54, 1.807) is 0 Å². The molecule has 0 rings (SSSR count). The summed E-state index contributed by atoms with van der Waals surface area (Å²) in [6, 6.07) is 0. The Hall–Kier alpha value is -0.145. The summed E-state index contributed by atoms with van der Waals surface area (Å²) in [6.07, 6.45) is -1.88. The molecule has 2 N–H and O–H groups in total. The molecular weight excluding hydrogens is 356 g/mol. The number of carboxylic acid groups (broad SMARTS) is 2. The Morgan fingerprint density at radius 2 is 0.917 bits per heavy atom. The maximum absolute atomic E-state index is 10.6. The molecular formula is C10H16Li2O10P2. The second kappa shape index (κ2) is 14.1. The van der Waals surface area contributed by atoms with E-state index in [0.29, 0.717) is 0 Å². The first-order valence-corrected chi connectivity index (χ1v) is 9.96. The SMILES string of the molecule is CP(=O)(O)C(=O)CCC(=O)[O-].CP(=O)(O)C(=O)CCC(=O)[O-].[Li+].[Li+]. The summed E-state index contributed by atoms with van der Waals surface area (Å²) >= 11 is 0.